The average molecular weight is 285 g/mol. The molecule has 0 saturated carbocycles. The zero-order valence-electron chi connectivity index (χ0n) is 10.2. The molecule has 1 aromatic carbocycles. The Labute approximate surface area is 112 Å². The first kappa shape index (κ1) is 15.7. The molecule has 1 unspecified atom stereocenters. The molecular formula is C13H10F3NO3. The number of esters is 1. The fraction of sp³-hybridized carbons (Fsp3) is 0.308. The van der Waals surface area contributed by atoms with Crippen molar-refractivity contribution in [3.05, 3.63) is 35.9 Å². The SMILES string of the molecule is N#CC(C(=O)OCCc1ccccc1)C(=O)C(F)(F)F. The number of nitrogens with zero attached hydrogens (tertiary/aromatic N) is 1. The third-order valence-electron chi connectivity index (χ3n) is 2.38. The van der Waals surface area contributed by atoms with Crippen LogP contribution in [0.4, 0.5) is 13.2 Å². The number of alkyl halides is 3. The van der Waals surface area contributed by atoms with Crippen LogP contribution >= 0.6 is 0 Å². The molecule has 0 radical (unpaired) electrons. The van der Waals surface area contributed by atoms with Gasteiger partial charge in [-0.2, -0.15) is 18.4 Å². The van der Waals surface area contributed by atoms with Gasteiger partial charge < -0.3 is 4.74 Å². The minimum Gasteiger partial charge on any atom is -0.464 e. The predicted octanol–water partition coefficient (Wildman–Crippen LogP) is 2.04. The van der Waals surface area contributed by atoms with Crippen LogP contribution < -0.4 is 0 Å². The van der Waals surface area contributed by atoms with Crippen molar-refractivity contribution in [3.63, 3.8) is 0 Å². The van der Waals surface area contributed by atoms with Crippen molar-refractivity contribution in [2.75, 3.05) is 6.61 Å². The third-order valence-corrected chi connectivity index (χ3v) is 2.38. The van der Waals surface area contributed by atoms with Gasteiger partial charge in [0, 0.05) is 6.42 Å². The van der Waals surface area contributed by atoms with Gasteiger partial charge in [0.15, 0.2) is 0 Å². The number of ether oxygens (including phenoxy) is 1. The molecule has 1 aromatic rings. The molecule has 0 aliphatic heterocycles. The fourth-order valence-corrected chi connectivity index (χ4v) is 1.38. The molecular weight excluding hydrogens is 275 g/mol. The van der Waals surface area contributed by atoms with E-state index < -0.39 is 23.8 Å². The highest BCUT2D eigenvalue weighted by Gasteiger charge is 2.47. The topological polar surface area (TPSA) is 67.2 Å². The molecule has 4 nitrogen and oxygen atoms in total. The van der Waals surface area contributed by atoms with Crippen LogP contribution in [0.15, 0.2) is 30.3 Å². The van der Waals surface area contributed by atoms with Crippen LogP contribution in [0.2, 0.25) is 0 Å². The second kappa shape index (κ2) is 6.70. The van der Waals surface area contributed by atoms with E-state index in [1.807, 2.05) is 0 Å². The standard InChI is InChI=1S/C13H10F3NO3/c14-13(15,16)11(18)10(8-17)12(19)20-7-6-9-4-2-1-3-5-9/h1-5,10H,6-7H2. The van der Waals surface area contributed by atoms with Gasteiger partial charge in [-0.1, -0.05) is 30.3 Å². The molecule has 7 heteroatoms. The van der Waals surface area contributed by atoms with E-state index in [2.05, 4.69) is 4.74 Å². The molecule has 1 rings (SSSR count). The van der Waals surface area contributed by atoms with E-state index in [9.17, 15) is 22.8 Å². The van der Waals surface area contributed by atoms with Crippen molar-refractivity contribution < 1.29 is 27.5 Å². The molecule has 1 atom stereocenters. The minimum absolute atomic E-state index is 0.202. The first-order chi connectivity index (χ1) is 9.36. The molecule has 0 fully saturated rings. The van der Waals surface area contributed by atoms with Crippen LogP contribution in [-0.4, -0.2) is 24.5 Å². The van der Waals surface area contributed by atoms with Crippen molar-refractivity contribution in [1.29, 1.82) is 5.26 Å². The Bertz CT molecular complexity index is 520. The summed E-state index contributed by atoms with van der Waals surface area (Å²) in [5.41, 5.74) is 0.816. The summed E-state index contributed by atoms with van der Waals surface area (Å²) in [4.78, 5) is 22.1. The highest BCUT2D eigenvalue weighted by atomic mass is 19.4. The Morgan fingerprint density at radius 2 is 1.85 bits per heavy atom. The van der Waals surface area contributed by atoms with Gasteiger partial charge in [-0.05, 0) is 5.56 Å². The first-order valence-electron chi connectivity index (χ1n) is 5.57. The summed E-state index contributed by atoms with van der Waals surface area (Å²) < 4.78 is 40.9. The zero-order valence-corrected chi connectivity index (χ0v) is 10.2. The van der Waals surface area contributed by atoms with Gasteiger partial charge in [0.2, 0.25) is 5.92 Å². The fourth-order valence-electron chi connectivity index (χ4n) is 1.38. The van der Waals surface area contributed by atoms with E-state index in [-0.39, 0.29) is 13.0 Å². The number of ketones is 1. The second-order valence-electron chi connectivity index (χ2n) is 3.83. The molecule has 0 bridgehead atoms. The summed E-state index contributed by atoms with van der Waals surface area (Å²) in [6.45, 7) is -0.202. The van der Waals surface area contributed by atoms with Crippen LogP contribution in [0.5, 0.6) is 0 Å². The Morgan fingerprint density at radius 1 is 1.25 bits per heavy atom. The quantitative estimate of drug-likeness (QED) is 0.613. The molecule has 0 aliphatic rings. The highest BCUT2D eigenvalue weighted by molar-refractivity contribution is 6.04. The lowest BCUT2D eigenvalue weighted by Crippen LogP contribution is -2.35. The molecule has 0 amide bonds. The van der Waals surface area contributed by atoms with Crippen LogP contribution in [0.1, 0.15) is 5.56 Å². The minimum atomic E-state index is -5.24. The second-order valence-corrected chi connectivity index (χ2v) is 3.83. The number of hydrogen-bond acceptors (Lipinski definition) is 4. The van der Waals surface area contributed by atoms with Crippen molar-refractivity contribution >= 4 is 11.8 Å². The monoisotopic (exact) mass is 285 g/mol. The number of nitriles is 1. The summed E-state index contributed by atoms with van der Waals surface area (Å²) in [5.74, 6) is -6.36. The molecule has 0 aromatic heterocycles. The number of carbonyl (C=O) groups excluding carboxylic acids is 2. The zero-order chi connectivity index (χ0) is 15.2. The van der Waals surface area contributed by atoms with E-state index in [1.165, 1.54) is 0 Å². The number of carbonyl (C=O) groups is 2. The lowest BCUT2D eigenvalue weighted by Gasteiger charge is -2.10. The Kier molecular flexibility index (Phi) is 5.26. The molecule has 106 valence electrons. The number of Topliss-reactive ketones (excluding diaryl/α,β-unsaturated/α-hetero) is 1. The predicted molar refractivity (Wildman–Crippen MR) is 61.3 cm³/mol. The van der Waals surface area contributed by atoms with E-state index in [0.717, 1.165) is 11.6 Å². The number of benzene rings is 1. The number of hydrogen-bond donors (Lipinski definition) is 0. The van der Waals surface area contributed by atoms with Crippen LogP contribution in [0, 0.1) is 17.2 Å². The average Bonchev–Trinajstić information content (AvgIpc) is 2.39. The Morgan fingerprint density at radius 3 is 2.35 bits per heavy atom. The molecule has 0 N–H and O–H groups in total. The largest absolute Gasteiger partial charge is 0.464 e. The molecule has 0 saturated heterocycles. The Hall–Kier alpha value is -2.36. The van der Waals surface area contributed by atoms with Crippen molar-refractivity contribution in [3.8, 4) is 6.07 Å². The summed E-state index contributed by atoms with van der Waals surface area (Å²) in [6.07, 6.45) is -4.95. The maximum Gasteiger partial charge on any atom is 0.452 e. The summed E-state index contributed by atoms with van der Waals surface area (Å²) in [7, 11) is 0. The Balaban J connectivity index is 2.53. The molecule has 20 heavy (non-hydrogen) atoms. The van der Waals surface area contributed by atoms with E-state index >= 15 is 0 Å². The lowest BCUT2D eigenvalue weighted by atomic mass is 10.1. The number of halogens is 3. The summed E-state index contributed by atoms with van der Waals surface area (Å²) in [6, 6.07) is 9.79. The first-order valence-corrected chi connectivity index (χ1v) is 5.57. The van der Waals surface area contributed by atoms with Crippen molar-refractivity contribution in [2.45, 2.75) is 12.6 Å². The molecule has 0 heterocycles. The highest BCUT2D eigenvalue weighted by Crippen LogP contribution is 2.21. The van der Waals surface area contributed by atoms with Gasteiger partial charge in [0.1, 0.15) is 0 Å². The van der Waals surface area contributed by atoms with Crippen molar-refractivity contribution in [1.82, 2.24) is 0 Å². The normalized spacial score (nSPS) is 12.3. The summed E-state index contributed by atoms with van der Waals surface area (Å²) in [5, 5.41) is 8.47. The van der Waals surface area contributed by atoms with Crippen LogP contribution in [0.3, 0.4) is 0 Å². The maximum absolute atomic E-state index is 12.1. The van der Waals surface area contributed by atoms with Crippen LogP contribution in [0.25, 0.3) is 0 Å². The van der Waals surface area contributed by atoms with E-state index in [4.69, 9.17) is 5.26 Å². The smallest absolute Gasteiger partial charge is 0.452 e. The van der Waals surface area contributed by atoms with E-state index in [0.29, 0.717) is 0 Å². The summed E-state index contributed by atoms with van der Waals surface area (Å²) >= 11 is 0. The molecule has 0 aliphatic carbocycles. The van der Waals surface area contributed by atoms with Crippen LogP contribution in [-0.2, 0) is 20.7 Å². The third kappa shape index (κ3) is 4.39. The lowest BCUT2D eigenvalue weighted by molar-refractivity contribution is -0.178. The van der Waals surface area contributed by atoms with Gasteiger partial charge in [0.25, 0.3) is 5.78 Å². The van der Waals surface area contributed by atoms with Crippen molar-refractivity contribution in [2.24, 2.45) is 5.92 Å². The maximum atomic E-state index is 12.1. The van der Waals surface area contributed by atoms with Gasteiger partial charge in [-0.25, -0.2) is 0 Å². The molecule has 0 spiro atoms. The van der Waals surface area contributed by atoms with Gasteiger partial charge in [0.05, 0.1) is 12.7 Å². The van der Waals surface area contributed by atoms with Gasteiger partial charge in [-0.3, -0.25) is 9.59 Å². The van der Waals surface area contributed by atoms with E-state index in [1.54, 1.807) is 30.3 Å². The number of rotatable bonds is 5. The van der Waals surface area contributed by atoms with Gasteiger partial charge in [-0.15, -0.1) is 0 Å². The van der Waals surface area contributed by atoms with Gasteiger partial charge >= 0.3 is 12.1 Å².